The molecule has 0 heterocycles. The Hall–Kier alpha value is -2.70. The summed E-state index contributed by atoms with van der Waals surface area (Å²) < 4.78 is 0. The molecule has 0 aliphatic heterocycles. The second kappa shape index (κ2) is 10.9. The molecular formula is C25H29Cl2N3O3. The largest absolute Gasteiger partial charge is 0.372 e. The molecule has 0 spiro atoms. The number of ketones is 1. The van der Waals surface area contributed by atoms with Crippen molar-refractivity contribution in [1.29, 1.82) is 0 Å². The van der Waals surface area contributed by atoms with Gasteiger partial charge in [-0.25, -0.2) is 9.89 Å². The number of aliphatic imine (C=N–C) groups is 1. The molecule has 0 atom stereocenters. The summed E-state index contributed by atoms with van der Waals surface area (Å²) in [5, 5.41) is 0.463. The summed E-state index contributed by atoms with van der Waals surface area (Å²) in [5.74, 6) is -1.94. The Bertz CT molecular complexity index is 1070. The Morgan fingerprint density at radius 2 is 1.52 bits per heavy atom. The summed E-state index contributed by atoms with van der Waals surface area (Å²) in [6.45, 7) is 12.1. The molecule has 0 saturated carbocycles. The fraction of sp³-hybridized carbons (Fsp3) is 0.360. The highest BCUT2D eigenvalue weighted by Crippen LogP contribution is 2.30. The van der Waals surface area contributed by atoms with Crippen LogP contribution in [0.15, 0.2) is 47.5 Å². The summed E-state index contributed by atoms with van der Waals surface area (Å²) in [6.07, 6.45) is 0. The van der Waals surface area contributed by atoms with Crippen molar-refractivity contribution in [1.82, 2.24) is 0 Å². The standard InChI is InChI=1S/C25H29Cl2N3O3/c1-7-29(8-2)19-12-10-18(11-13-19)28-22(23(32)25(4,5)6)24(33)30(16(3)31)21-14-9-17(26)15-20(21)27/h9-15H,7-8H2,1-6H3. The third kappa shape index (κ3) is 6.42. The van der Waals surface area contributed by atoms with Crippen molar-refractivity contribution in [2.45, 2.75) is 41.5 Å². The number of Topliss-reactive ketones (excluding diaryl/α,β-unsaturated/α-hetero) is 1. The minimum atomic E-state index is -0.901. The maximum absolute atomic E-state index is 13.5. The van der Waals surface area contributed by atoms with E-state index in [-0.39, 0.29) is 16.4 Å². The van der Waals surface area contributed by atoms with E-state index in [2.05, 4.69) is 23.7 Å². The molecule has 2 aromatic carbocycles. The zero-order valence-corrected chi connectivity index (χ0v) is 21.3. The van der Waals surface area contributed by atoms with Crippen molar-refractivity contribution in [2.75, 3.05) is 22.9 Å². The van der Waals surface area contributed by atoms with Crippen molar-refractivity contribution in [3.8, 4) is 0 Å². The molecule has 8 heteroatoms. The molecule has 0 aliphatic carbocycles. The number of hydrogen-bond donors (Lipinski definition) is 0. The molecular weight excluding hydrogens is 461 g/mol. The molecule has 0 aromatic heterocycles. The minimum absolute atomic E-state index is 0.109. The second-order valence-corrected chi connectivity index (χ2v) is 9.33. The zero-order valence-electron chi connectivity index (χ0n) is 19.8. The van der Waals surface area contributed by atoms with Crippen LogP contribution in [-0.2, 0) is 14.4 Å². The summed E-state index contributed by atoms with van der Waals surface area (Å²) in [5.41, 5.74) is 0.316. The van der Waals surface area contributed by atoms with Crippen LogP contribution in [0.2, 0.25) is 10.0 Å². The maximum Gasteiger partial charge on any atom is 0.287 e. The molecule has 33 heavy (non-hydrogen) atoms. The number of carbonyl (C=O) groups is 3. The van der Waals surface area contributed by atoms with Gasteiger partial charge in [0.2, 0.25) is 5.91 Å². The van der Waals surface area contributed by atoms with Gasteiger partial charge in [0.25, 0.3) is 5.91 Å². The van der Waals surface area contributed by atoms with Crippen LogP contribution < -0.4 is 9.80 Å². The van der Waals surface area contributed by atoms with Gasteiger partial charge in [0, 0.05) is 36.1 Å². The van der Waals surface area contributed by atoms with E-state index in [0.29, 0.717) is 10.7 Å². The summed E-state index contributed by atoms with van der Waals surface area (Å²) in [7, 11) is 0. The first-order valence-corrected chi connectivity index (χ1v) is 11.4. The van der Waals surface area contributed by atoms with Crippen molar-refractivity contribution >= 4 is 63.6 Å². The molecule has 0 fully saturated rings. The Morgan fingerprint density at radius 1 is 0.939 bits per heavy atom. The molecule has 176 valence electrons. The Balaban J connectivity index is 2.59. The minimum Gasteiger partial charge on any atom is -0.372 e. The lowest BCUT2D eigenvalue weighted by atomic mass is 9.87. The van der Waals surface area contributed by atoms with Crippen LogP contribution in [0, 0.1) is 5.41 Å². The lowest BCUT2D eigenvalue weighted by Gasteiger charge is -2.24. The molecule has 2 amide bonds. The van der Waals surface area contributed by atoms with E-state index in [1.807, 2.05) is 12.1 Å². The van der Waals surface area contributed by atoms with Gasteiger partial charge in [-0.1, -0.05) is 44.0 Å². The molecule has 0 N–H and O–H groups in total. The Morgan fingerprint density at radius 3 is 1.97 bits per heavy atom. The SMILES string of the molecule is CCN(CC)c1ccc(N=C(C(=O)N(C(C)=O)c2ccc(Cl)cc2Cl)C(=O)C(C)(C)C)cc1. The van der Waals surface area contributed by atoms with Crippen LogP contribution in [0.4, 0.5) is 17.1 Å². The molecule has 0 bridgehead atoms. The number of rotatable bonds is 7. The fourth-order valence-electron chi connectivity index (χ4n) is 3.20. The number of halogens is 2. The van der Waals surface area contributed by atoms with E-state index >= 15 is 0 Å². The van der Waals surface area contributed by atoms with E-state index in [9.17, 15) is 14.4 Å². The monoisotopic (exact) mass is 489 g/mol. The van der Waals surface area contributed by atoms with Gasteiger partial charge in [0.05, 0.1) is 16.4 Å². The Labute approximate surface area is 205 Å². The van der Waals surface area contributed by atoms with Crippen LogP contribution in [0.25, 0.3) is 0 Å². The third-order valence-electron chi connectivity index (χ3n) is 4.99. The van der Waals surface area contributed by atoms with Gasteiger partial charge in [-0.3, -0.25) is 14.4 Å². The van der Waals surface area contributed by atoms with Crippen LogP contribution >= 0.6 is 23.2 Å². The molecule has 0 aliphatic rings. The number of nitrogens with zero attached hydrogens (tertiary/aromatic N) is 3. The van der Waals surface area contributed by atoms with Crippen LogP contribution in [0.1, 0.15) is 41.5 Å². The number of carbonyl (C=O) groups excluding carboxylic acids is 3. The van der Waals surface area contributed by atoms with E-state index in [4.69, 9.17) is 23.2 Å². The number of hydrogen-bond acceptors (Lipinski definition) is 5. The van der Waals surface area contributed by atoms with Crippen LogP contribution in [0.3, 0.4) is 0 Å². The number of imide groups is 1. The van der Waals surface area contributed by atoms with Gasteiger partial charge in [-0.15, -0.1) is 0 Å². The van der Waals surface area contributed by atoms with Gasteiger partial charge in [-0.05, 0) is 56.3 Å². The third-order valence-corrected chi connectivity index (χ3v) is 5.52. The van der Waals surface area contributed by atoms with Crippen molar-refractivity contribution in [3.63, 3.8) is 0 Å². The number of benzene rings is 2. The summed E-state index contributed by atoms with van der Waals surface area (Å²) in [4.78, 5) is 46.6. The quantitative estimate of drug-likeness (QED) is 0.347. The van der Waals surface area contributed by atoms with Gasteiger partial charge in [0.1, 0.15) is 0 Å². The highest BCUT2D eigenvalue weighted by molar-refractivity contribution is 6.70. The fourth-order valence-corrected chi connectivity index (χ4v) is 3.69. The van der Waals surface area contributed by atoms with Crippen molar-refractivity contribution < 1.29 is 14.4 Å². The summed E-state index contributed by atoms with van der Waals surface area (Å²) >= 11 is 12.2. The van der Waals surface area contributed by atoms with Gasteiger partial charge >= 0.3 is 0 Å². The zero-order chi connectivity index (χ0) is 24.9. The Kier molecular flexibility index (Phi) is 8.81. The predicted molar refractivity (Wildman–Crippen MR) is 136 cm³/mol. The normalized spacial score (nSPS) is 11.8. The smallest absolute Gasteiger partial charge is 0.287 e. The first kappa shape index (κ1) is 26.6. The van der Waals surface area contributed by atoms with Gasteiger partial charge in [-0.2, -0.15) is 0 Å². The first-order chi connectivity index (χ1) is 15.4. The lowest BCUT2D eigenvalue weighted by Crippen LogP contribution is -2.45. The first-order valence-electron chi connectivity index (χ1n) is 10.7. The van der Waals surface area contributed by atoms with E-state index in [1.165, 1.54) is 25.1 Å². The summed E-state index contributed by atoms with van der Waals surface area (Å²) in [6, 6.07) is 11.6. The average Bonchev–Trinajstić information content (AvgIpc) is 2.74. The molecule has 2 rings (SSSR count). The second-order valence-electron chi connectivity index (χ2n) is 8.48. The number of amides is 2. The maximum atomic E-state index is 13.5. The molecule has 6 nitrogen and oxygen atoms in total. The van der Waals surface area contributed by atoms with Crippen molar-refractivity contribution in [2.24, 2.45) is 10.4 Å². The topological polar surface area (TPSA) is 70.1 Å². The van der Waals surface area contributed by atoms with E-state index in [1.54, 1.807) is 32.9 Å². The van der Waals surface area contributed by atoms with Gasteiger partial charge < -0.3 is 4.90 Å². The molecule has 0 saturated heterocycles. The van der Waals surface area contributed by atoms with E-state index < -0.39 is 23.0 Å². The molecule has 0 unspecified atom stereocenters. The highest BCUT2D eigenvalue weighted by Gasteiger charge is 2.36. The lowest BCUT2D eigenvalue weighted by molar-refractivity contribution is -0.123. The molecule has 2 aromatic rings. The molecule has 0 radical (unpaired) electrons. The highest BCUT2D eigenvalue weighted by atomic mass is 35.5. The predicted octanol–water partition coefficient (Wildman–Crippen LogP) is 6.11. The van der Waals surface area contributed by atoms with Crippen LogP contribution in [0.5, 0.6) is 0 Å². The van der Waals surface area contributed by atoms with Gasteiger partial charge in [0.15, 0.2) is 11.5 Å². The number of anilines is 2. The van der Waals surface area contributed by atoms with Crippen molar-refractivity contribution in [3.05, 3.63) is 52.5 Å². The average molecular weight is 490 g/mol. The van der Waals surface area contributed by atoms with Crippen LogP contribution in [-0.4, -0.2) is 36.4 Å². The van der Waals surface area contributed by atoms with E-state index in [0.717, 1.165) is 23.7 Å².